The second-order valence-electron chi connectivity index (χ2n) is 6.77. The highest BCUT2D eigenvalue weighted by molar-refractivity contribution is 5.94. The molecule has 0 bridgehead atoms. The summed E-state index contributed by atoms with van der Waals surface area (Å²) in [6, 6.07) is 18.2. The predicted octanol–water partition coefficient (Wildman–Crippen LogP) is 3.06. The zero-order chi connectivity index (χ0) is 20.2. The Balaban J connectivity index is 1.57. The molecule has 144 valence electrons. The van der Waals surface area contributed by atoms with Crippen molar-refractivity contribution in [3.63, 3.8) is 0 Å². The molecule has 1 N–H and O–H groups in total. The maximum absolute atomic E-state index is 12.9. The van der Waals surface area contributed by atoms with E-state index in [0.717, 1.165) is 16.6 Å². The number of rotatable bonds is 5. The van der Waals surface area contributed by atoms with Crippen molar-refractivity contribution in [3.05, 3.63) is 100 Å². The van der Waals surface area contributed by atoms with Crippen LogP contribution in [0.15, 0.2) is 77.9 Å². The van der Waals surface area contributed by atoms with Crippen LogP contribution >= 0.6 is 0 Å². The maximum Gasteiger partial charge on any atom is 0.279 e. The van der Waals surface area contributed by atoms with Crippen molar-refractivity contribution in [2.45, 2.75) is 13.3 Å². The molecule has 0 aliphatic rings. The average Bonchev–Trinajstić information content (AvgIpc) is 2.77. The van der Waals surface area contributed by atoms with Crippen LogP contribution in [0.2, 0.25) is 0 Å². The van der Waals surface area contributed by atoms with Gasteiger partial charge in [-0.15, -0.1) is 0 Å². The molecular formula is C23H20N4O2. The van der Waals surface area contributed by atoms with Gasteiger partial charge in [-0.1, -0.05) is 30.3 Å². The van der Waals surface area contributed by atoms with Gasteiger partial charge >= 0.3 is 0 Å². The van der Waals surface area contributed by atoms with Crippen LogP contribution in [-0.2, 0) is 6.42 Å². The van der Waals surface area contributed by atoms with E-state index in [4.69, 9.17) is 0 Å². The number of nitrogens with one attached hydrogen (secondary N) is 1. The monoisotopic (exact) mass is 384 g/mol. The molecule has 0 fully saturated rings. The van der Waals surface area contributed by atoms with E-state index in [1.165, 1.54) is 4.68 Å². The first kappa shape index (κ1) is 18.6. The van der Waals surface area contributed by atoms with E-state index in [0.29, 0.717) is 29.6 Å². The SMILES string of the molecule is Cc1nn(-c2cccc(C(=O)NCCc3cccnc3)c2)c(=O)c2ccccc12. The van der Waals surface area contributed by atoms with Gasteiger partial charge < -0.3 is 5.32 Å². The fraction of sp³-hybridized carbons (Fsp3) is 0.130. The minimum atomic E-state index is -0.208. The smallest absolute Gasteiger partial charge is 0.279 e. The Morgan fingerprint density at radius 2 is 1.86 bits per heavy atom. The van der Waals surface area contributed by atoms with Gasteiger partial charge in [0.2, 0.25) is 0 Å². The lowest BCUT2D eigenvalue weighted by Crippen LogP contribution is -2.26. The molecule has 1 amide bonds. The molecule has 2 aromatic heterocycles. The van der Waals surface area contributed by atoms with E-state index < -0.39 is 0 Å². The first-order valence-electron chi connectivity index (χ1n) is 9.40. The molecule has 0 spiro atoms. The number of benzene rings is 2. The first-order valence-corrected chi connectivity index (χ1v) is 9.40. The van der Waals surface area contributed by atoms with Crippen LogP contribution in [-0.4, -0.2) is 27.2 Å². The number of amides is 1. The minimum absolute atomic E-state index is 0.193. The van der Waals surface area contributed by atoms with Gasteiger partial charge in [-0.25, -0.2) is 0 Å². The number of nitrogens with zero attached hydrogens (tertiary/aromatic N) is 3. The van der Waals surface area contributed by atoms with Gasteiger partial charge in [0.1, 0.15) is 0 Å². The number of fused-ring (bicyclic) bond motifs is 1. The molecule has 0 aliphatic heterocycles. The number of hydrogen-bond acceptors (Lipinski definition) is 4. The quantitative estimate of drug-likeness (QED) is 0.574. The first-order chi connectivity index (χ1) is 14.1. The van der Waals surface area contributed by atoms with E-state index >= 15 is 0 Å². The summed E-state index contributed by atoms with van der Waals surface area (Å²) in [5.41, 5.74) is 2.65. The van der Waals surface area contributed by atoms with Gasteiger partial charge in [0.25, 0.3) is 11.5 Å². The maximum atomic E-state index is 12.9. The molecule has 0 radical (unpaired) electrons. The van der Waals surface area contributed by atoms with Crippen LogP contribution in [0.3, 0.4) is 0 Å². The van der Waals surface area contributed by atoms with Crippen molar-refractivity contribution >= 4 is 16.7 Å². The van der Waals surface area contributed by atoms with Gasteiger partial charge in [-0.3, -0.25) is 14.6 Å². The largest absolute Gasteiger partial charge is 0.352 e. The molecule has 0 atom stereocenters. The van der Waals surface area contributed by atoms with Crippen LogP contribution in [0.25, 0.3) is 16.5 Å². The van der Waals surface area contributed by atoms with Gasteiger partial charge in [-0.2, -0.15) is 9.78 Å². The molecule has 0 saturated heterocycles. The second-order valence-corrected chi connectivity index (χ2v) is 6.77. The Kier molecular flexibility index (Phi) is 5.16. The van der Waals surface area contributed by atoms with Gasteiger partial charge in [0, 0.05) is 29.9 Å². The number of aromatic nitrogens is 3. The minimum Gasteiger partial charge on any atom is -0.352 e. The van der Waals surface area contributed by atoms with E-state index in [-0.39, 0.29) is 11.5 Å². The van der Waals surface area contributed by atoms with Gasteiger partial charge in [0.05, 0.1) is 16.8 Å². The summed E-state index contributed by atoms with van der Waals surface area (Å²) in [5, 5.41) is 8.78. The van der Waals surface area contributed by atoms with Crippen molar-refractivity contribution < 1.29 is 4.79 Å². The van der Waals surface area contributed by atoms with Gasteiger partial charge in [0.15, 0.2) is 0 Å². The lowest BCUT2D eigenvalue weighted by atomic mass is 10.1. The van der Waals surface area contributed by atoms with Crippen LogP contribution < -0.4 is 10.9 Å². The Morgan fingerprint density at radius 1 is 1.03 bits per heavy atom. The third kappa shape index (κ3) is 3.91. The molecular weight excluding hydrogens is 364 g/mol. The highest BCUT2D eigenvalue weighted by atomic mass is 16.1. The number of aryl methyl sites for hydroxylation is 1. The molecule has 0 saturated carbocycles. The third-order valence-electron chi connectivity index (χ3n) is 4.76. The lowest BCUT2D eigenvalue weighted by Gasteiger charge is -2.10. The highest BCUT2D eigenvalue weighted by Gasteiger charge is 2.11. The molecule has 6 nitrogen and oxygen atoms in total. The summed E-state index contributed by atoms with van der Waals surface area (Å²) in [7, 11) is 0. The van der Waals surface area contributed by atoms with E-state index in [1.807, 2.05) is 37.3 Å². The van der Waals surface area contributed by atoms with Crippen molar-refractivity contribution in [2.75, 3.05) is 6.54 Å². The predicted molar refractivity (Wildman–Crippen MR) is 112 cm³/mol. The second kappa shape index (κ2) is 8.06. The molecule has 29 heavy (non-hydrogen) atoms. The number of carbonyl (C=O) groups excluding carboxylic acids is 1. The summed E-state index contributed by atoms with van der Waals surface area (Å²) >= 11 is 0. The zero-order valence-electron chi connectivity index (χ0n) is 16.0. The van der Waals surface area contributed by atoms with Crippen molar-refractivity contribution in [3.8, 4) is 5.69 Å². The van der Waals surface area contributed by atoms with E-state index in [1.54, 1.807) is 42.7 Å². The van der Waals surface area contributed by atoms with Gasteiger partial charge in [-0.05, 0) is 49.2 Å². The Labute approximate surface area is 167 Å². The number of hydrogen-bond donors (Lipinski definition) is 1. The summed E-state index contributed by atoms with van der Waals surface area (Å²) in [6.45, 7) is 2.37. The standard InChI is InChI=1S/C23H20N4O2/c1-16-20-9-2-3-10-21(20)23(29)27(26-16)19-8-4-7-18(14-19)22(28)25-13-11-17-6-5-12-24-15-17/h2-10,12,14-15H,11,13H2,1H3,(H,25,28). The topological polar surface area (TPSA) is 76.9 Å². The molecule has 6 heteroatoms. The van der Waals surface area contributed by atoms with E-state index in [9.17, 15) is 9.59 Å². The van der Waals surface area contributed by atoms with Crippen LogP contribution in [0.4, 0.5) is 0 Å². The fourth-order valence-electron chi connectivity index (χ4n) is 3.27. The number of pyridine rings is 1. The van der Waals surface area contributed by atoms with Crippen LogP contribution in [0.1, 0.15) is 21.6 Å². The highest BCUT2D eigenvalue weighted by Crippen LogP contribution is 2.15. The fourth-order valence-corrected chi connectivity index (χ4v) is 3.27. The molecule has 0 unspecified atom stereocenters. The Hall–Kier alpha value is -3.80. The summed E-state index contributed by atoms with van der Waals surface area (Å²) in [4.78, 5) is 29.5. The molecule has 4 aromatic rings. The summed E-state index contributed by atoms with van der Waals surface area (Å²) in [6.07, 6.45) is 4.20. The summed E-state index contributed by atoms with van der Waals surface area (Å²) < 4.78 is 1.35. The number of carbonyl (C=O) groups is 1. The molecule has 4 rings (SSSR count). The van der Waals surface area contributed by atoms with Crippen LogP contribution in [0.5, 0.6) is 0 Å². The molecule has 0 aliphatic carbocycles. The normalized spacial score (nSPS) is 10.8. The van der Waals surface area contributed by atoms with Crippen LogP contribution in [0, 0.1) is 6.92 Å². The van der Waals surface area contributed by atoms with E-state index in [2.05, 4.69) is 15.4 Å². The van der Waals surface area contributed by atoms with Crippen molar-refractivity contribution in [1.29, 1.82) is 0 Å². The molecule has 2 heterocycles. The van der Waals surface area contributed by atoms with Crippen molar-refractivity contribution in [1.82, 2.24) is 20.1 Å². The average molecular weight is 384 g/mol. The Bertz CT molecular complexity index is 1230. The summed E-state index contributed by atoms with van der Waals surface area (Å²) in [5.74, 6) is -0.193. The Morgan fingerprint density at radius 3 is 2.66 bits per heavy atom. The molecule has 2 aromatic carbocycles. The lowest BCUT2D eigenvalue weighted by molar-refractivity contribution is 0.0954. The zero-order valence-corrected chi connectivity index (χ0v) is 16.0. The third-order valence-corrected chi connectivity index (χ3v) is 4.76. The van der Waals surface area contributed by atoms with Crippen molar-refractivity contribution in [2.24, 2.45) is 0 Å².